The summed E-state index contributed by atoms with van der Waals surface area (Å²) in [6, 6.07) is 11.2. The number of hydrogen-bond donors (Lipinski definition) is 3. The second kappa shape index (κ2) is 16.5. The van der Waals surface area contributed by atoms with Crippen LogP contribution in [0.5, 0.6) is 5.75 Å². The van der Waals surface area contributed by atoms with Gasteiger partial charge in [-0.15, -0.1) is 11.3 Å². The Balaban J connectivity index is 0.806. The Labute approximate surface area is 288 Å². The number of hydrogen-bond acceptors (Lipinski definition) is 11. The number of aromatic nitrogens is 2. The topological polar surface area (TPSA) is 137 Å². The van der Waals surface area contributed by atoms with Crippen molar-refractivity contribution in [2.24, 2.45) is 0 Å². The standard InChI is InChI=1S/C35H45N5O6S2/c41-24-45-28-13-12-25(31-30(28)38-34(44)48-31)27(42)22-36-16-8-4-2-1-3-5-9-17-39-18-14-35(15-19-39)23-40(20-21-46-35)33(43)32-37-26-10-6-7-11-29(26)47-32/h6-7,10-13,24,27,36,42H,1-5,8-9,14-23H2,(H,38,44)/t27-/m0/s1. The van der Waals surface area contributed by atoms with Gasteiger partial charge in [-0.25, -0.2) is 4.98 Å². The number of unbranched alkanes of at least 4 members (excludes halogenated alkanes) is 6. The van der Waals surface area contributed by atoms with Crippen molar-refractivity contribution in [3.8, 4) is 5.75 Å². The van der Waals surface area contributed by atoms with Crippen molar-refractivity contribution in [2.75, 3.05) is 52.4 Å². The van der Waals surface area contributed by atoms with Crippen LogP contribution in [-0.2, 0) is 9.53 Å². The minimum Gasteiger partial charge on any atom is -0.426 e. The molecule has 4 aromatic rings. The van der Waals surface area contributed by atoms with Crippen LogP contribution in [0.2, 0.25) is 0 Å². The van der Waals surface area contributed by atoms with Gasteiger partial charge in [-0.1, -0.05) is 61.6 Å². The number of ether oxygens (including phenoxy) is 2. The maximum absolute atomic E-state index is 13.3. The molecule has 3 N–H and O–H groups in total. The van der Waals surface area contributed by atoms with Crippen LogP contribution >= 0.6 is 22.7 Å². The van der Waals surface area contributed by atoms with Gasteiger partial charge in [0.25, 0.3) is 12.4 Å². The number of morpholine rings is 1. The first-order valence-corrected chi connectivity index (χ1v) is 18.7. The third-order valence-corrected chi connectivity index (χ3v) is 11.5. The highest BCUT2D eigenvalue weighted by molar-refractivity contribution is 7.20. The molecular formula is C35H45N5O6S2. The molecule has 1 atom stereocenters. The van der Waals surface area contributed by atoms with E-state index in [1.54, 1.807) is 12.1 Å². The highest BCUT2D eigenvalue weighted by Crippen LogP contribution is 2.33. The number of fused-ring (bicyclic) bond motifs is 2. The zero-order chi connectivity index (χ0) is 33.3. The highest BCUT2D eigenvalue weighted by Gasteiger charge is 2.41. The van der Waals surface area contributed by atoms with Gasteiger partial charge in [-0.3, -0.25) is 14.4 Å². The Hall–Kier alpha value is -3.20. The van der Waals surface area contributed by atoms with E-state index in [1.165, 1.54) is 43.4 Å². The number of rotatable bonds is 16. The molecule has 0 saturated carbocycles. The molecule has 1 amide bonds. The van der Waals surface area contributed by atoms with Crippen molar-refractivity contribution < 1.29 is 24.2 Å². The molecule has 0 aliphatic carbocycles. The molecule has 1 spiro atoms. The lowest BCUT2D eigenvalue weighted by Gasteiger charge is -2.47. The largest absolute Gasteiger partial charge is 0.426 e. The second-order valence-corrected chi connectivity index (χ2v) is 14.9. The quantitative estimate of drug-likeness (QED) is 0.108. The number of amides is 1. The van der Waals surface area contributed by atoms with Gasteiger partial charge >= 0.3 is 4.87 Å². The summed E-state index contributed by atoms with van der Waals surface area (Å²) in [6.45, 7) is 6.55. The third-order valence-electron chi connectivity index (χ3n) is 9.55. The van der Waals surface area contributed by atoms with Gasteiger partial charge in [-0.05, 0) is 57.0 Å². The van der Waals surface area contributed by atoms with E-state index in [9.17, 15) is 19.5 Å². The van der Waals surface area contributed by atoms with E-state index in [0.29, 0.717) is 53.5 Å². The molecular weight excluding hydrogens is 651 g/mol. The number of nitrogens with one attached hydrogen (secondary N) is 2. The van der Waals surface area contributed by atoms with Crippen molar-refractivity contribution in [3.05, 3.63) is 56.6 Å². The maximum atomic E-state index is 13.3. The molecule has 2 aromatic carbocycles. The zero-order valence-corrected chi connectivity index (χ0v) is 28.9. The first-order chi connectivity index (χ1) is 23.4. The Morgan fingerprint density at radius 1 is 1.06 bits per heavy atom. The summed E-state index contributed by atoms with van der Waals surface area (Å²) in [5.41, 5.74) is 1.74. The summed E-state index contributed by atoms with van der Waals surface area (Å²) < 4.78 is 12.9. The van der Waals surface area contributed by atoms with Crippen molar-refractivity contribution in [1.82, 2.24) is 25.1 Å². The lowest BCUT2D eigenvalue weighted by atomic mass is 9.89. The molecule has 2 saturated heterocycles. The fourth-order valence-corrected chi connectivity index (χ4v) is 8.71. The molecule has 48 heavy (non-hydrogen) atoms. The van der Waals surface area contributed by atoms with E-state index in [-0.39, 0.29) is 22.1 Å². The molecule has 0 bridgehead atoms. The highest BCUT2D eigenvalue weighted by atomic mass is 32.1. The lowest BCUT2D eigenvalue weighted by molar-refractivity contribution is -0.127. The summed E-state index contributed by atoms with van der Waals surface area (Å²) in [4.78, 5) is 47.4. The van der Waals surface area contributed by atoms with Crippen molar-refractivity contribution in [3.63, 3.8) is 0 Å². The third kappa shape index (κ3) is 8.50. The summed E-state index contributed by atoms with van der Waals surface area (Å²) in [7, 11) is 0. The fourth-order valence-electron chi connectivity index (χ4n) is 6.86. The van der Waals surface area contributed by atoms with Crippen molar-refractivity contribution in [2.45, 2.75) is 69.5 Å². The number of benzene rings is 2. The van der Waals surface area contributed by atoms with Crippen LogP contribution in [0.1, 0.15) is 79.3 Å². The van der Waals surface area contributed by atoms with Gasteiger partial charge in [0.2, 0.25) is 0 Å². The molecule has 2 aliphatic heterocycles. The molecule has 6 rings (SSSR count). The monoisotopic (exact) mass is 695 g/mol. The Morgan fingerprint density at radius 2 is 1.83 bits per heavy atom. The van der Waals surface area contributed by atoms with Crippen molar-refractivity contribution in [1.29, 1.82) is 0 Å². The second-order valence-electron chi connectivity index (χ2n) is 12.9. The van der Waals surface area contributed by atoms with E-state index < -0.39 is 6.10 Å². The van der Waals surface area contributed by atoms with Gasteiger partial charge < -0.3 is 34.7 Å². The average Bonchev–Trinajstić information content (AvgIpc) is 3.72. The number of nitrogens with zero attached hydrogens (tertiary/aromatic N) is 3. The van der Waals surface area contributed by atoms with Crippen LogP contribution in [0, 0.1) is 0 Å². The normalized spacial score (nSPS) is 17.3. The summed E-state index contributed by atoms with van der Waals surface area (Å²) in [5, 5.41) is 14.6. The predicted molar refractivity (Wildman–Crippen MR) is 189 cm³/mol. The van der Waals surface area contributed by atoms with Crippen LogP contribution in [0.15, 0.2) is 41.2 Å². The smallest absolute Gasteiger partial charge is 0.305 e. The maximum Gasteiger partial charge on any atom is 0.305 e. The number of piperidine rings is 1. The minimum atomic E-state index is -0.765. The minimum absolute atomic E-state index is 0.0297. The number of carbonyl (C=O) groups excluding carboxylic acids is 2. The molecule has 258 valence electrons. The van der Waals surface area contributed by atoms with Crippen LogP contribution in [-0.4, -0.2) is 95.3 Å². The van der Waals surface area contributed by atoms with E-state index in [0.717, 1.165) is 73.4 Å². The zero-order valence-electron chi connectivity index (χ0n) is 27.3. The molecule has 11 nitrogen and oxygen atoms in total. The molecule has 2 fully saturated rings. The van der Waals surface area contributed by atoms with Crippen LogP contribution in [0.25, 0.3) is 20.4 Å². The van der Waals surface area contributed by atoms with Crippen LogP contribution < -0.4 is 14.9 Å². The summed E-state index contributed by atoms with van der Waals surface area (Å²) in [6.07, 6.45) is 9.49. The van der Waals surface area contributed by atoms with Gasteiger partial charge in [0.1, 0.15) is 5.52 Å². The molecule has 4 heterocycles. The Kier molecular flexibility index (Phi) is 11.9. The van der Waals surface area contributed by atoms with Gasteiger partial charge in [0, 0.05) is 31.7 Å². The summed E-state index contributed by atoms with van der Waals surface area (Å²) in [5.74, 6) is 0.308. The van der Waals surface area contributed by atoms with E-state index >= 15 is 0 Å². The molecule has 0 unspecified atom stereocenters. The van der Waals surface area contributed by atoms with Crippen LogP contribution in [0.4, 0.5) is 0 Å². The average molecular weight is 696 g/mol. The molecule has 2 aliphatic rings. The lowest BCUT2D eigenvalue weighted by Crippen LogP contribution is -2.58. The number of aliphatic hydroxyl groups excluding tert-OH is 1. The molecule has 2 aromatic heterocycles. The van der Waals surface area contributed by atoms with E-state index in [1.807, 2.05) is 29.2 Å². The predicted octanol–water partition coefficient (Wildman–Crippen LogP) is 5.10. The number of likely N-dealkylation sites (tertiary alicyclic amines) is 1. The summed E-state index contributed by atoms with van der Waals surface area (Å²) >= 11 is 2.48. The number of aliphatic hydroxyl groups is 1. The van der Waals surface area contributed by atoms with Gasteiger partial charge in [0.05, 0.1) is 39.8 Å². The van der Waals surface area contributed by atoms with Gasteiger partial charge in [0.15, 0.2) is 10.8 Å². The van der Waals surface area contributed by atoms with E-state index in [2.05, 4.69) is 20.2 Å². The Morgan fingerprint density at radius 3 is 2.62 bits per heavy atom. The van der Waals surface area contributed by atoms with E-state index in [4.69, 9.17) is 9.47 Å². The van der Waals surface area contributed by atoms with Crippen LogP contribution in [0.3, 0.4) is 0 Å². The first kappa shape index (κ1) is 34.7. The number of thiazole rings is 2. The van der Waals surface area contributed by atoms with Gasteiger partial charge in [-0.2, -0.15) is 0 Å². The van der Waals surface area contributed by atoms with Crippen molar-refractivity contribution >= 4 is 55.5 Å². The number of H-pyrrole nitrogens is 1. The molecule has 13 heteroatoms. The number of para-hydroxylation sites is 1. The molecule has 0 radical (unpaired) electrons. The Bertz CT molecular complexity index is 1700. The fraction of sp³-hybridized carbons (Fsp3) is 0.543. The number of aromatic amines is 1. The SMILES string of the molecule is O=COc1ccc([C@@H](O)CNCCCCCCCCCN2CCC3(CC2)CN(C(=O)c2nc4ccccc4s2)CCO3)c2sc(=O)[nH]c12. The first-order valence-electron chi connectivity index (χ1n) is 17.1. The number of carbonyl (C=O) groups is 2.